The van der Waals surface area contributed by atoms with Gasteiger partial charge < -0.3 is 25.2 Å². The number of amides is 1. The largest absolute Gasteiger partial charge is 0.378 e. The van der Waals surface area contributed by atoms with Gasteiger partial charge in [0.1, 0.15) is 0 Å². The minimum absolute atomic E-state index is 0.0909. The summed E-state index contributed by atoms with van der Waals surface area (Å²) in [7, 11) is 1.80. The molecule has 2 rings (SSSR count). The second-order valence-corrected chi connectivity index (χ2v) is 5.77. The summed E-state index contributed by atoms with van der Waals surface area (Å²) in [4.78, 5) is 16.0. The summed E-state index contributed by atoms with van der Waals surface area (Å²) in [5.74, 6) is -0.0909. The second-order valence-electron chi connectivity index (χ2n) is 5.39. The fourth-order valence-electron chi connectivity index (χ4n) is 2.35. The number of hydrogen-bond acceptors (Lipinski definition) is 4. The Bertz CT molecular complexity index is 529. The highest BCUT2D eigenvalue weighted by Crippen LogP contribution is 2.18. The number of nitrogens with one attached hydrogen (secondary N) is 2. The average molecular weight is 336 g/mol. The van der Waals surface area contributed by atoms with Crippen molar-refractivity contribution < 1.29 is 9.53 Å². The Hall–Kier alpha value is -1.86. The van der Waals surface area contributed by atoms with Crippen molar-refractivity contribution in [2.75, 3.05) is 56.7 Å². The van der Waals surface area contributed by atoms with Gasteiger partial charge in [-0.2, -0.15) is 0 Å². The molecule has 0 unspecified atom stereocenters. The third kappa shape index (κ3) is 5.37. The van der Waals surface area contributed by atoms with E-state index in [1.54, 1.807) is 11.9 Å². The molecule has 0 aromatic heterocycles. The lowest BCUT2D eigenvalue weighted by Crippen LogP contribution is -2.41. The van der Waals surface area contributed by atoms with Crippen LogP contribution in [0.5, 0.6) is 0 Å². The molecule has 2 N–H and O–H groups in total. The fourth-order valence-corrected chi connectivity index (χ4v) is 2.56. The van der Waals surface area contributed by atoms with E-state index in [2.05, 4.69) is 15.5 Å². The molecular weight excluding hydrogens is 312 g/mol. The topological polar surface area (TPSA) is 56.8 Å². The molecule has 1 aliphatic heterocycles. The van der Waals surface area contributed by atoms with Crippen molar-refractivity contribution in [3.63, 3.8) is 0 Å². The van der Waals surface area contributed by atoms with E-state index >= 15 is 0 Å². The van der Waals surface area contributed by atoms with Gasteiger partial charge in [-0.15, -0.1) is 0 Å². The lowest BCUT2D eigenvalue weighted by molar-refractivity contribution is -0.116. The number of ether oxygens (including phenoxy) is 1. The molecule has 1 aliphatic rings. The Morgan fingerprint density at radius 2 is 1.96 bits per heavy atom. The minimum Gasteiger partial charge on any atom is -0.378 e. The molecule has 126 valence electrons. The number of thiocarbonyl (C=S) groups is 1. The lowest BCUT2D eigenvalue weighted by atomic mass is 10.2. The molecule has 1 amide bonds. The van der Waals surface area contributed by atoms with Crippen LogP contribution < -0.4 is 15.5 Å². The van der Waals surface area contributed by atoms with Gasteiger partial charge in [-0.3, -0.25) is 4.79 Å². The van der Waals surface area contributed by atoms with Crippen LogP contribution in [-0.2, 0) is 9.53 Å². The maximum absolute atomic E-state index is 12.1. The molecule has 23 heavy (non-hydrogen) atoms. The van der Waals surface area contributed by atoms with E-state index in [4.69, 9.17) is 17.0 Å². The number of carbonyl (C=O) groups is 1. The number of morpholine rings is 1. The molecule has 1 aromatic rings. The van der Waals surface area contributed by atoms with Crippen LogP contribution in [-0.4, -0.2) is 62.4 Å². The van der Waals surface area contributed by atoms with Crippen LogP contribution in [0.3, 0.4) is 0 Å². The first-order chi connectivity index (χ1) is 11.1. The Balaban J connectivity index is 1.85. The third-order valence-corrected chi connectivity index (χ3v) is 4.04. The predicted octanol–water partition coefficient (Wildman–Crippen LogP) is 1.29. The molecule has 0 radical (unpaired) electrons. The molecule has 0 bridgehead atoms. The van der Waals surface area contributed by atoms with Gasteiger partial charge >= 0.3 is 0 Å². The quantitative estimate of drug-likeness (QED) is 0.790. The average Bonchev–Trinajstić information content (AvgIpc) is 2.56. The van der Waals surface area contributed by atoms with Crippen LogP contribution in [0.25, 0.3) is 0 Å². The Labute approximate surface area is 142 Å². The van der Waals surface area contributed by atoms with Crippen molar-refractivity contribution in [2.45, 2.75) is 6.92 Å². The van der Waals surface area contributed by atoms with Crippen molar-refractivity contribution in [1.82, 2.24) is 10.2 Å². The Kier molecular flexibility index (Phi) is 6.61. The van der Waals surface area contributed by atoms with Crippen LogP contribution in [0.15, 0.2) is 24.3 Å². The summed E-state index contributed by atoms with van der Waals surface area (Å²) >= 11 is 5.17. The Morgan fingerprint density at radius 1 is 1.30 bits per heavy atom. The molecule has 6 nitrogen and oxygen atoms in total. The first-order valence-corrected chi connectivity index (χ1v) is 8.22. The number of hydrogen-bond donors (Lipinski definition) is 2. The number of likely N-dealkylation sites (N-methyl/N-ethyl adjacent to an activating group) is 1. The van der Waals surface area contributed by atoms with Crippen molar-refractivity contribution in [2.24, 2.45) is 0 Å². The summed E-state index contributed by atoms with van der Waals surface area (Å²) in [6, 6.07) is 7.89. The van der Waals surface area contributed by atoms with Crippen molar-refractivity contribution in [3.8, 4) is 0 Å². The van der Waals surface area contributed by atoms with E-state index < -0.39 is 0 Å². The van der Waals surface area contributed by atoms with Gasteiger partial charge in [-0.25, -0.2) is 0 Å². The molecular formula is C16H24N4O2S. The van der Waals surface area contributed by atoms with E-state index in [0.29, 0.717) is 5.11 Å². The van der Waals surface area contributed by atoms with Gasteiger partial charge in [0.25, 0.3) is 0 Å². The SMILES string of the molecule is CCNC(=S)N(C)CC(=O)Nc1ccc(N2CCOCC2)cc1. The van der Waals surface area contributed by atoms with Gasteiger partial charge in [-0.05, 0) is 43.4 Å². The normalized spacial score (nSPS) is 14.3. The lowest BCUT2D eigenvalue weighted by Gasteiger charge is -2.29. The second kappa shape index (κ2) is 8.69. The van der Waals surface area contributed by atoms with Crippen molar-refractivity contribution in [1.29, 1.82) is 0 Å². The summed E-state index contributed by atoms with van der Waals surface area (Å²) in [5, 5.41) is 6.48. The summed E-state index contributed by atoms with van der Waals surface area (Å²) in [5.41, 5.74) is 1.94. The standard InChI is InChI=1S/C16H24N4O2S/c1-3-17-16(23)19(2)12-15(21)18-13-4-6-14(7-5-13)20-8-10-22-11-9-20/h4-7H,3,8-12H2,1-2H3,(H,17,23)(H,18,21). The first kappa shape index (κ1) is 17.5. The van der Waals surface area contributed by atoms with Gasteiger partial charge in [0, 0.05) is 38.1 Å². The van der Waals surface area contributed by atoms with Crippen LogP contribution in [0.4, 0.5) is 11.4 Å². The zero-order valence-corrected chi connectivity index (χ0v) is 14.5. The van der Waals surface area contributed by atoms with Gasteiger partial charge in [0.05, 0.1) is 19.8 Å². The highest BCUT2D eigenvalue weighted by Gasteiger charge is 2.12. The van der Waals surface area contributed by atoms with Gasteiger partial charge in [0.2, 0.25) is 5.91 Å². The van der Waals surface area contributed by atoms with Crippen LogP contribution in [0, 0.1) is 0 Å². The maximum atomic E-state index is 12.1. The van der Waals surface area contributed by atoms with Crippen molar-refractivity contribution in [3.05, 3.63) is 24.3 Å². The highest BCUT2D eigenvalue weighted by atomic mass is 32.1. The molecule has 0 aliphatic carbocycles. The monoisotopic (exact) mass is 336 g/mol. The number of anilines is 2. The number of nitrogens with zero attached hydrogens (tertiary/aromatic N) is 2. The van der Waals surface area contributed by atoms with E-state index in [-0.39, 0.29) is 12.5 Å². The van der Waals surface area contributed by atoms with Crippen LogP contribution in [0.2, 0.25) is 0 Å². The van der Waals surface area contributed by atoms with E-state index in [0.717, 1.165) is 44.2 Å². The molecule has 7 heteroatoms. The maximum Gasteiger partial charge on any atom is 0.243 e. The molecule has 1 aromatic carbocycles. The zero-order valence-electron chi connectivity index (χ0n) is 13.7. The summed E-state index contributed by atoms with van der Waals surface area (Å²) in [6.07, 6.45) is 0. The fraction of sp³-hybridized carbons (Fsp3) is 0.500. The van der Waals surface area contributed by atoms with Crippen LogP contribution >= 0.6 is 12.2 Å². The van der Waals surface area contributed by atoms with E-state index in [1.165, 1.54) is 0 Å². The number of rotatable bonds is 5. The number of benzene rings is 1. The molecule has 1 fully saturated rings. The molecule has 0 atom stereocenters. The van der Waals surface area contributed by atoms with Crippen molar-refractivity contribution >= 4 is 34.6 Å². The van der Waals surface area contributed by atoms with E-state index in [9.17, 15) is 4.79 Å². The smallest absolute Gasteiger partial charge is 0.243 e. The van der Waals surface area contributed by atoms with E-state index in [1.807, 2.05) is 31.2 Å². The summed E-state index contributed by atoms with van der Waals surface area (Å²) in [6.45, 7) is 6.25. The molecule has 0 saturated carbocycles. The molecule has 1 saturated heterocycles. The third-order valence-electron chi connectivity index (χ3n) is 3.58. The van der Waals surface area contributed by atoms with Crippen LogP contribution in [0.1, 0.15) is 6.92 Å². The highest BCUT2D eigenvalue weighted by molar-refractivity contribution is 7.80. The minimum atomic E-state index is -0.0909. The predicted molar refractivity (Wildman–Crippen MR) is 97.0 cm³/mol. The van der Waals surface area contributed by atoms with Gasteiger partial charge in [0.15, 0.2) is 5.11 Å². The van der Waals surface area contributed by atoms with Gasteiger partial charge in [-0.1, -0.05) is 0 Å². The number of carbonyl (C=O) groups excluding carboxylic acids is 1. The molecule has 1 heterocycles. The first-order valence-electron chi connectivity index (χ1n) is 7.81. The molecule has 0 spiro atoms. The Morgan fingerprint density at radius 3 is 2.57 bits per heavy atom. The zero-order chi connectivity index (χ0) is 16.7. The summed E-state index contributed by atoms with van der Waals surface area (Å²) < 4.78 is 5.35.